The van der Waals surface area contributed by atoms with E-state index in [9.17, 15) is 4.79 Å². The van der Waals surface area contributed by atoms with E-state index in [1.54, 1.807) is 6.21 Å². The van der Waals surface area contributed by atoms with E-state index in [4.69, 9.17) is 4.74 Å². The molecule has 0 spiro atoms. The molecule has 1 aliphatic rings. The summed E-state index contributed by atoms with van der Waals surface area (Å²) in [5.41, 5.74) is 8.00. The predicted octanol–water partition coefficient (Wildman–Crippen LogP) is 4.69. The lowest BCUT2D eigenvalue weighted by atomic mass is 10.0. The number of hydrogen-bond donors (Lipinski definition) is 1. The molecule has 2 heterocycles. The summed E-state index contributed by atoms with van der Waals surface area (Å²) in [6.45, 7) is 4.57. The fourth-order valence-electron chi connectivity index (χ4n) is 2.85. The van der Waals surface area contributed by atoms with Crippen LogP contribution in [0.25, 0.3) is 10.4 Å². The number of hydrogen-bond acceptors (Lipinski definition) is 4. The minimum Gasteiger partial charge on any atom is -0.488 e. The molecule has 0 saturated heterocycles. The molecule has 1 N–H and O–H groups in total. The number of aryl methyl sites for hydroxylation is 2. The van der Waals surface area contributed by atoms with Crippen LogP contribution < -0.4 is 10.2 Å². The molecule has 0 bridgehead atoms. The summed E-state index contributed by atoms with van der Waals surface area (Å²) in [7, 11) is 0. The van der Waals surface area contributed by atoms with Crippen LogP contribution in [0.1, 0.15) is 31.9 Å². The van der Waals surface area contributed by atoms with Gasteiger partial charge in [-0.2, -0.15) is 5.10 Å². The predicted molar refractivity (Wildman–Crippen MR) is 105 cm³/mol. The first-order chi connectivity index (χ1) is 12.6. The number of fused-ring (bicyclic) bond motifs is 3. The van der Waals surface area contributed by atoms with Gasteiger partial charge in [0.1, 0.15) is 12.4 Å². The maximum absolute atomic E-state index is 12.4. The normalized spacial score (nSPS) is 12.4. The smallest absolute Gasteiger partial charge is 0.281 e. The number of benzene rings is 2. The van der Waals surface area contributed by atoms with Crippen molar-refractivity contribution in [3.05, 3.63) is 75.7 Å². The number of carbonyl (C=O) groups excluding carboxylic acids is 1. The summed E-state index contributed by atoms with van der Waals surface area (Å²) in [6.07, 6.45) is 1.65. The number of carbonyl (C=O) groups is 1. The zero-order chi connectivity index (χ0) is 18.1. The lowest BCUT2D eigenvalue weighted by molar-refractivity contribution is 0.0959. The second-order valence-electron chi connectivity index (χ2n) is 6.36. The molecule has 5 heteroatoms. The van der Waals surface area contributed by atoms with Gasteiger partial charge in [0.05, 0.1) is 11.1 Å². The van der Waals surface area contributed by atoms with E-state index in [0.29, 0.717) is 11.5 Å². The molecule has 0 aliphatic carbocycles. The zero-order valence-corrected chi connectivity index (χ0v) is 15.4. The van der Waals surface area contributed by atoms with Crippen LogP contribution in [0, 0.1) is 13.8 Å². The molecule has 1 amide bonds. The lowest BCUT2D eigenvalue weighted by Gasteiger charge is -2.17. The minimum atomic E-state index is -0.207. The molecule has 0 fully saturated rings. The van der Waals surface area contributed by atoms with Gasteiger partial charge in [0, 0.05) is 16.0 Å². The molecule has 4 rings (SSSR count). The van der Waals surface area contributed by atoms with E-state index in [1.807, 2.05) is 49.4 Å². The van der Waals surface area contributed by atoms with Crippen LogP contribution in [-0.2, 0) is 6.61 Å². The topological polar surface area (TPSA) is 50.7 Å². The van der Waals surface area contributed by atoms with Crippen molar-refractivity contribution < 1.29 is 9.53 Å². The van der Waals surface area contributed by atoms with Crippen LogP contribution in [0.4, 0.5) is 0 Å². The highest BCUT2D eigenvalue weighted by molar-refractivity contribution is 7.17. The molecule has 3 aromatic rings. The van der Waals surface area contributed by atoms with Gasteiger partial charge in [0.2, 0.25) is 0 Å². The second kappa shape index (κ2) is 6.77. The minimum absolute atomic E-state index is 0.207. The molecular weight excluding hydrogens is 344 g/mol. The molecule has 26 heavy (non-hydrogen) atoms. The van der Waals surface area contributed by atoms with E-state index in [2.05, 4.69) is 23.5 Å². The van der Waals surface area contributed by atoms with E-state index >= 15 is 0 Å². The molecule has 0 atom stereocenters. The fourth-order valence-corrected chi connectivity index (χ4v) is 3.93. The van der Waals surface area contributed by atoms with Gasteiger partial charge in [-0.15, -0.1) is 11.3 Å². The Kier molecular flexibility index (Phi) is 4.31. The number of hydrazone groups is 1. The Labute approximate surface area is 156 Å². The van der Waals surface area contributed by atoms with E-state index < -0.39 is 0 Å². The van der Waals surface area contributed by atoms with Crippen LogP contribution in [0.3, 0.4) is 0 Å². The molecule has 2 aromatic carbocycles. The molecule has 0 radical (unpaired) electrons. The highest BCUT2D eigenvalue weighted by atomic mass is 32.1. The summed E-state index contributed by atoms with van der Waals surface area (Å²) >= 11 is 1.48. The van der Waals surface area contributed by atoms with Crippen molar-refractivity contribution >= 4 is 23.5 Å². The Morgan fingerprint density at radius 3 is 2.69 bits per heavy atom. The van der Waals surface area contributed by atoms with Gasteiger partial charge in [-0.3, -0.25) is 4.79 Å². The molecule has 0 unspecified atom stereocenters. The molecule has 1 aliphatic heterocycles. The monoisotopic (exact) mass is 362 g/mol. The van der Waals surface area contributed by atoms with Crippen LogP contribution in [-0.4, -0.2) is 12.1 Å². The highest BCUT2D eigenvalue weighted by Crippen LogP contribution is 2.42. The Balaban J connectivity index is 1.52. The standard InChI is InChI=1S/C21H18N2O2S/c1-13-3-6-15(7-4-13)11-22-23-21(24)19-10-16-12-25-18-8-5-14(2)9-17(18)20(16)26-19/h3-11H,12H2,1-2H3,(H,23,24)/b22-11+. The summed E-state index contributed by atoms with van der Waals surface area (Å²) in [5, 5.41) is 4.06. The first-order valence-electron chi connectivity index (χ1n) is 8.37. The van der Waals surface area contributed by atoms with E-state index in [0.717, 1.165) is 27.3 Å². The summed E-state index contributed by atoms with van der Waals surface area (Å²) in [4.78, 5) is 14.2. The SMILES string of the molecule is Cc1ccc(/C=N/NC(=O)c2cc3c(s2)-c2cc(C)ccc2OC3)cc1. The summed E-state index contributed by atoms with van der Waals surface area (Å²) < 4.78 is 5.79. The number of nitrogens with one attached hydrogen (secondary N) is 1. The van der Waals surface area contributed by atoms with Crippen molar-refractivity contribution in [1.29, 1.82) is 0 Å². The van der Waals surface area contributed by atoms with Gasteiger partial charge in [0.15, 0.2) is 0 Å². The van der Waals surface area contributed by atoms with Gasteiger partial charge >= 0.3 is 0 Å². The Morgan fingerprint density at radius 2 is 1.88 bits per heavy atom. The fraction of sp³-hybridized carbons (Fsp3) is 0.143. The first-order valence-corrected chi connectivity index (χ1v) is 9.18. The van der Waals surface area contributed by atoms with E-state index in [1.165, 1.54) is 22.5 Å². The van der Waals surface area contributed by atoms with Crippen molar-refractivity contribution in [3.63, 3.8) is 0 Å². The molecule has 0 saturated carbocycles. The third kappa shape index (κ3) is 3.26. The molecule has 1 aromatic heterocycles. The average molecular weight is 362 g/mol. The number of amides is 1. The van der Waals surface area contributed by atoms with Gasteiger partial charge in [-0.1, -0.05) is 41.5 Å². The summed E-state index contributed by atoms with van der Waals surface area (Å²) in [5.74, 6) is 0.663. The van der Waals surface area contributed by atoms with Crippen molar-refractivity contribution in [2.24, 2.45) is 5.10 Å². The number of rotatable bonds is 3. The van der Waals surface area contributed by atoms with Crippen LogP contribution in [0.2, 0.25) is 0 Å². The average Bonchev–Trinajstić information content (AvgIpc) is 3.08. The largest absolute Gasteiger partial charge is 0.488 e. The van der Waals surface area contributed by atoms with Gasteiger partial charge < -0.3 is 4.74 Å². The number of thiophene rings is 1. The summed E-state index contributed by atoms with van der Waals surface area (Å²) in [6, 6.07) is 16.0. The Morgan fingerprint density at radius 1 is 1.12 bits per heavy atom. The second-order valence-corrected chi connectivity index (χ2v) is 7.42. The van der Waals surface area contributed by atoms with Crippen molar-refractivity contribution in [3.8, 4) is 16.2 Å². The molecule has 4 nitrogen and oxygen atoms in total. The van der Waals surface area contributed by atoms with Gasteiger partial charge in [-0.25, -0.2) is 5.43 Å². The maximum atomic E-state index is 12.4. The third-order valence-electron chi connectivity index (χ3n) is 4.25. The highest BCUT2D eigenvalue weighted by Gasteiger charge is 2.22. The Hall–Kier alpha value is -2.92. The molecular formula is C21H18N2O2S. The van der Waals surface area contributed by atoms with Gasteiger partial charge in [0.25, 0.3) is 5.91 Å². The Bertz CT molecular complexity index is 1000. The molecule has 130 valence electrons. The van der Waals surface area contributed by atoms with Crippen molar-refractivity contribution in [1.82, 2.24) is 5.43 Å². The lowest BCUT2D eigenvalue weighted by Crippen LogP contribution is -2.16. The van der Waals surface area contributed by atoms with Gasteiger partial charge in [-0.05, 0) is 37.6 Å². The quantitative estimate of drug-likeness (QED) is 0.543. The van der Waals surface area contributed by atoms with Crippen LogP contribution in [0.15, 0.2) is 53.6 Å². The van der Waals surface area contributed by atoms with E-state index in [-0.39, 0.29) is 5.91 Å². The number of nitrogens with zero attached hydrogens (tertiary/aromatic N) is 1. The van der Waals surface area contributed by atoms with Crippen LogP contribution >= 0.6 is 11.3 Å². The third-order valence-corrected chi connectivity index (χ3v) is 5.46. The first kappa shape index (κ1) is 16.5. The maximum Gasteiger partial charge on any atom is 0.281 e. The van der Waals surface area contributed by atoms with Crippen molar-refractivity contribution in [2.45, 2.75) is 20.5 Å². The number of ether oxygens (including phenoxy) is 1. The van der Waals surface area contributed by atoms with Crippen molar-refractivity contribution in [2.75, 3.05) is 0 Å². The zero-order valence-electron chi connectivity index (χ0n) is 14.6. The van der Waals surface area contributed by atoms with Crippen LogP contribution in [0.5, 0.6) is 5.75 Å².